The molecule has 23 heavy (non-hydrogen) atoms. The van der Waals surface area contributed by atoms with Gasteiger partial charge in [0.1, 0.15) is 11.5 Å². The van der Waals surface area contributed by atoms with E-state index in [1.54, 1.807) is 13.2 Å². The third-order valence-electron chi connectivity index (χ3n) is 5.20. The van der Waals surface area contributed by atoms with Crippen LogP contribution in [0.3, 0.4) is 0 Å². The van der Waals surface area contributed by atoms with Crippen LogP contribution in [0, 0.1) is 5.92 Å². The normalized spacial score (nSPS) is 21.5. The number of rotatable bonds is 5. The Morgan fingerprint density at radius 1 is 1.17 bits per heavy atom. The Kier molecular flexibility index (Phi) is 5.04. The molecule has 0 unspecified atom stereocenters. The molecule has 1 heterocycles. The molecule has 0 saturated heterocycles. The lowest BCUT2D eigenvalue weighted by molar-refractivity contribution is 0.277. The van der Waals surface area contributed by atoms with E-state index in [4.69, 9.17) is 9.15 Å². The van der Waals surface area contributed by atoms with E-state index in [9.17, 15) is 4.79 Å². The minimum Gasteiger partial charge on any atom is -0.497 e. The Balaban J connectivity index is 1.78. The summed E-state index contributed by atoms with van der Waals surface area (Å²) in [4.78, 5) is 12.3. The first-order valence-electron chi connectivity index (χ1n) is 8.83. The molecule has 1 aromatic carbocycles. The summed E-state index contributed by atoms with van der Waals surface area (Å²) in [6, 6.07) is 7.65. The maximum atomic E-state index is 12.3. The largest absolute Gasteiger partial charge is 0.497 e. The van der Waals surface area contributed by atoms with Crippen LogP contribution in [0.5, 0.6) is 5.75 Å². The van der Waals surface area contributed by atoms with E-state index >= 15 is 0 Å². The first kappa shape index (κ1) is 16.1. The van der Waals surface area contributed by atoms with E-state index in [0.717, 1.165) is 29.9 Å². The summed E-state index contributed by atoms with van der Waals surface area (Å²) in [6.45, 7) is 2.25. The van der Waals surface area contributed by atoms with Gasteiger partial charge in [0.15, 0.2) is 0 Å². The van der Waals surface area contributed by atoms with Gasteiger partial charge in [-0.3, -0.25) is 0 Å². The van der Waals surface area contributed by atoms with Crippen molar-refractivity contribution < 1.29 is 9.15 Å². The van der Waals surface area contributed by atoms with Gasteiger partial charge in [-0.2, -0.15) is 0 Å². The second-order valence-corrected chi connectivity index (χ2v) is 6.75. The minimum absolute atomic E-state index is 0.246. The lowest BCUT2D eigenvalue weighted by Gasteiger charge is -2.27. The van der Waals surface area contributed by atoms with Crippen molar-refractivity contribution in [1.82, 2.24) is 0 Å². The highest BCUT2D eigenvalue weighted by molar-refractivity contribution is 5.82. The fourth-order valence-electron chi connectivity index (χ4n) is 3.74. The molecule has 1 aromatic heterocycles. The third kappa shape index (κ3) is 3.60. The van der Waals surface area contributed by atoms with Crippen LogP contribution in [0.2, 0.25) is 0 Å². The molecule has 0 aliphatic heterocycles. The molecular formula is C20H26O3. The predicted molar refractivity (Wildman–Crippen MR) is 93.3 cm³/mol. The van der Waals surface area contributed by atoms with Crippen molar-refractivity contribution in [3.63, 3.8) is 0 Å². The summed E-state index contributed by atoms with van der Waals surface area (Å²) >= 11 is 0. The maximum Gasteiger partial charge on any atom is 0.343 e. The zero-order chi connectivity index (χ0) is 16.2. The van der Waals surface area contributed by atoms with E-state index in [2.05, 4.69) is 6.92 Å². The Morgan fingerprint density at radius 2 is 1.96 bits per heavy atom. The van der Waals surface area contributed by atoms with Gasteiger partial charge in [-0.25, -0.2) is 4.79 Å². The summed E-state index contributed by atoms with van der Waals surface area (Å²) < 4.78 is 10.8. The highest BCUT2D eigenvalue weighted by Crippen LogP contribution is 2.38. The predicted octanol–water partition coefficient (Wildman–Crippen LogP) is 5.27. The minimum atomic E-state index is -0.246. The summed E-state index contributed by atoms with van der Waals surface area (Å²) in [5.41, 5.74) is -0.246. The molecule has 124 valence electrons. The third-order valence-corrected chi connectivity index (χ3v) is 5.20. The fraction of sp³-hybridized carbons (Fsp3) is 0.550. The summed E-state index contributed by atoms with van der Waals surface area (Å²) in [7, 11) is 1.61. The molecule has 1 saturated carbocycles. The zero-order valence-corrected chi connectivity index (χ0v) is 14.1. The van der Waals surface area contributed by atoms with Crippen LogP contribution in [0.25, 0.3) is 10.8 Å². The molecule has 1 aliphatic rings. The van der Waals surface area contributed by atoms with Gasteiger partial charge < -0.3 is 9.15 Å². The Morgan fingerprint density at radius 3 is 2.65 bits per heavy atom. The number of hydrogen-bond donors (Lipinski definition) is 0. The number of methoxy groups -OCH3 is 1. The molecule has 1 aliphatic carbocycles. The van der Waals surface area contributed by atoms with Gasteiger partial charge in [0.2, 0.25) is 0 Å². The lowest BCUT2D eigenvalue weighted by Crippen LogP contribution is -2.15. The fourth-order valence-corrected chi connectivity index (χ4v) is 3.74. The second kappa shape index (κ2) is 7.20. The van der Waals surface area contributed by atoms with Crippen LogP contribution in [0.1, 0.15) is 63.5 Å². The highest BCUT2D eigenvalue weighted by Gasteiger charge is 2.24. The maximum absolute atomic E-state index is 12.3. The van der Waals surface area contributed by atoms with Crippen molar-refractivity contribution in [2.24, 2.45) is 5.92 Å². The SMILES string of the molecule is CCCCC1CCC(c2cc3ccc(OC)cc3c(=O)o2)CC1. The Hall–Kier alpha value is -1.77. The molecule has 0 bridgehead atoms. The molecule has 0 atom stereocenters. The van der Waals surface area contributed by atoms with Gasteiger partial charge in [0, 0.05) is 5.92 Å². The number of ether oxygens (including phenoxy) is 1. The molecule has 3 nitrogen and oxygen atoms in total. The number of unbranched alkanes of at least 4 members (excludes halogenated alkanes) is 1. The van der Waals surface area contributed by atoms with Crippen molar-refractivity contribution in [3.05, 3.63) is 40.4 Å². The van der Waals surface area contributed by atoms with Crippen molar-refractivity contribution in [1.29, 1.82) is 0 Å². The van der Waals surface area contributed by atoms with Crippen LogP contribution in [0.15, 0.2) is 33.5 Å². The summed E-state index contributed by atoms with van der Waals surface area (Å²) in [5, 5.41) is 1.55. The van der Waals surface area contributed by atoms with E-state index in [-0.39, 0.29) is 5.63 Å². The van der Waals surface area contributed by atoms with Crippen LogP contribution in [0.4, 0.5) is 0 Å². The first-order chi connectivity index (χ1) is 11.2. The molecule has 0 radical (unpaired) electrons. The zero-order valence-electron chi connectivity index (χ0n) is 14.1. The molecule has 1 fully saturated rings. The molecule has 2 aromatic rings. The van der Waals surface area contributed by atoms with E-state index in [1.807, 2.05) is 18.2 Å². The lowest BCUT2D eigenvalue weighted by atomic mass is 9.78. The van der Waals surface area contributed by atoms with Crippen LogP contribution in [-0.2, 0) is 0 Å². The van der Waals surface area contributed by atoms with Crippen LogP contribution >= 0.6 is 0 Å². The molecular weight excluding hydrogens is 288 g/mol. The topological polar surface area (TPSA) is 39.4 Å². The quantitative estimate of drug-likeness (QED) is 0.755. The number of fused-ring (bicyclic) bond motifs is 1. The van der Waals surface area contributed by atoms with Crippen molar-refractivity contribution >= 4 is 10.8 Å². The van der Waals surface area contributed by atoms with Gasteiger partial charge in [0.25, 0.3) is 0 Å². The van der Waals surface area contributed by atoms with Gasteiger partial charge in [0.05, 0.1) is 12.5 Å². The first-order valence-corrected chi connectivity index (χ1v) is 8.83. The van der Waals surface area contributed by atoms with Gasteiger partial charge in [-0.15, -0.1) is 0 Å². The van der Waals surface area contributed by atoms with Gasteiger partial charge in [-0.05, 0) is 55.2 Å². The van der Waals surface area contributed by atoms with E-state index in [1.165, 1.54) is 32.1 Å². The van der Waals surface area contributed by atoms with Gasteiger partial charge in [-0.1, -0.05) is 32.3 Å². The molecule has 0 spiro atoms. The Bertz CT molecular complexity index is 708. The number of hydrogen-bond acceptors (Lipinski definition) is 3. The standard InChI is InChI=1S/C20H26O3/c1-3-4-5-14-6-8-15(9-7-14)19-12-16-10-11-17(22-2)13-18(16)20(21)23-19/h10-15H,3-9H2,1-2H3. The van der Waals surface area contributed by atoms with E-state index < -0.39 is 0 Å². The second-order valence-electron chi connectivity index (χ2n) is 6.75. The average molecular weight is 314 g/mol. The van der Waals surface area contributed by atoms with Crippen molar-refractivity contribution in [2.75, 3.05) is 7.11 Å². The highest BCUT2D eigenvalue weighted by atomic mass is 16.5. The van der Waals surface area contributed by atoms with E-state index in [0.29, 0.717) is 17.1 Å². The molecule has 3 rings (SSSR count). The summed E-state index contributed by atoms with van der Waals surface area (Å²) in [5.74, 6) is 2.81. The monoisotopic (exact) mass is 314 g/mol. The van der Waals surface area contributed by atoms with Crippen molar-refractivity contribution in [2.45, 2.75) is 57.8 Å². The Labute approximate surface area is 137 Å². The summed E-state index contributed by atoms with van der Waals surface area (Å²) in [6.07, 6.45) is 8.76. The molecule has 0 N–H and O–H groups in total. The molecule has 0 amide bonds. The van der Waals surface area contributed by atoms with Gasteiger partial charge >= 0.3 is 5.63 Å². The number of benzene rings is 1. The van der Waals surface area contributed by atoms with Crippen LogP contribution < -0.4 is 10.4 Å². The van der Waals surface area contributed by atoms with Crippen molar-refractivity contribution in [3.8, 4) is 5.75 Å². The molecule has 3 heteroatoms. The average Bonchev–Trinajstić information content (AvgIpc) is 2.60. The smallest absolute Gasteiger partial charge is 0.343 e. The van der Waals surface area contributed by atoms with Crippen LogP contribution in [-0.4, -0.2) is 7.11 Å².